The lowest BCUT2D eigenvalue weighted by atomic mass is 9.92. The number of likely N-dealkylation sites (tertiary alicyclic amines) is 1. The zero-order valence-corrected chi connectivity index (χ0v) is 14.8. The summed E-state index contributed by atoms with van der Waals surface area (Å²) in [6.45, 7) is 8.57. The summed E-state index contributed by atoms with van der Waals surface area (Å²) in [4.78, 5) is 14.5. The van der Waals surface area contributed by atoms with Crippen molar-refractivity contribution in [2.75, 3.05) is 26.2 Å². The van der Waals surface area contributed by atoms with Gasteiger partial charge in [-0.2, -0.15) is 0 Å². The fourth-order valence-corrected chi connectivity index (χ4v) is 3.78. The Morgan fingerprint density at radius 3 is 2.68 bits per heavy atom. The molecule has 1 N–H and O–H groups in total. The lowest BCUT2D eigenvalue weighted by Gasteiger charge is -2.34. The van der Waals surface area contributed by atoms with Crippen molar-refractivity contribution in [1.29, 1.82) is 0 Å². The topological polar surface area (TPSA) is 32.3 Å². The van der Waals surface area contributed by atoms with Crippen LogP contribution in [0.2, 0.25) is 0 Å². The first kappa shape index (κ1) is 17.4. The molecule has 0 aromatic heterocycles. The number of amides is 1. The lowest BCUT2D eigenvalue weighted by molar-refractivity contribution is 0.0946. The highest BCUT2D eigenvalue weighted by Crippen LogP contribution is 2.21. The molecule has 1 aliphatic heterocycles. The number of carbonyl (C=O) groups excluding carboxylic acids is 1. The van der Waals surface area contributed by atoms with Gasteiger partial charge in [0.05, 0.1) is 5.56 Å². The monoisotopic (exact) mass is 370 g/mol. The summed E-state index contributed by atoms with van der Waals surface area (Å²) in [6, 6.07) is 4.12. The van der Waals surface area contributed by atoms with E-state index in [-0.39, 0.29) is 11.7 Å². The van der Waals surface area contributed by atoms with Crippen molar-refractivity contribution in [2.24, 2.45) is 11.8 Å². The number of halogens is 2. The Bertz CT molecular complexity index is 513. The van der Waals surface area contributed by atoms with E-state index < -0.39 is 0 Å². The van der Waals surface area contributed by atoms with Gasteiger partial charge in [-0.15, -0.1) is 0 Å². The summed E-state index contributed by atoms with van der Waals surface area (Å²) in [5.74, 6) is 1.01. The van der Waals surface area contributed by atoms with Crippen LogP contribution in [0.25, 0.3) is 0 Å². The van der Waals surface area contributed by atoms with E-state index >= 15 is 0 Å². The minimum atomic E-state index is -0.350. The quantitative estimate of drug-likeness (QED) is 0.801. The molecule has 1 aromatic carbocycles. The molecular formula is C17H24BrFN2O. The number of benzene rings is 1. The van der Waals surface area contributed by atoms with Crippen LogP contribution in [0.5, 0.6) is 0 Å². The third-order valence-electron chi connectivity index (χ3n) is 4.06. The molecule has 0 spiro atoms. The number of nitrogens with zero attached hydrogens (tertiary/aromatic N) is 1. The molecule has 5 heteroatoms. The fourth-order valence-electron chi connectivity index (χ4n) is 3.25. The lowest BCUT2D eigenvalue weighted by Crippen LogP contribution is -2.40. The van der Waals surface area contributed by atoms with E-state index in [0.29, 0.717) is 16.6 Å². The van der Waals surface area contributed by atoms with Gasteiger partial charge in [-0.05, 0) is 65.4 Å². The third-order valence-corrected chi connectivity index (χ3v) is 4.71. The zero-order chi connectivity index (χ0) is 16.1. The Kier molecular flexibility index (Phi) is 6.38. The normalized spacial score (nSPS) is 22.5. The highest BCUT2D eigenvalue weighted by Gasteiger charge is 2.21. The van der Waals surface area contributed by atoms with Crippen LogP contribution >= 0.6 is 15.9 Å². The molecule has 1 aliphatic rings. The van der Waals surface area contributed by atoms with Gasteiger partial charge in [0.25, 0.3) is 5.91 Å². The molecule has 0 saturated carbocycles. The SMILES string of the molecule is C[C@H]1C[C@H](C)CN(CCCNC(=O)c2ccc(F)cc2Br)C1. The molecule has 0 radical (unpaired) electrons. The first-order valence-electron chi connectivity index (χ1n) is 7.91. The van der Waals surface area contributed by atoms with E-state index in [2.05, 4.69) is 40.0 Å². The maximum Gasteiger partial charge on any atom is 0.252 e. The standard InChI is InChI=1S/C17H24BrFN2O/c1-12-8-13(2)11-21(10-12)7-3-6-20-17(22)15-5-4-14(19)9-16(15)18/h4-5,9,12-13H,3,6-8,10-11H2,1-2H3,(H,20,22)/t12-,13-/m0/s1. The average Bonchev–Trinajstić information content (AvgIpc) is 2.42. The molecule has 0 unspecified atom stereocenters. The van der Waals surface area contributed by atoms with E-state index in [1.54, 1.807) is 0 Å². The minimum absolute atomic E-state index is 0.160. The van der Waals surface area contributed by atoms with Crippen LogP contribution in [-0.2, 0) is 0 Å². The van der Waals surface area contributed by atoms with Crippen LogP contribution in [-0.4, -0.2) is 37.0 Å². The van der Waals surface area contributed by atoms with E-state index in [9.17, 15) is 9.18 Å². The van der Waals surface area contributed by atoms with Gasteiger partial charge in [0.1, 0.15) is 5.82 Å². The zero-order valence-electron chi connectivity index (χ0n) is 13.2. The molecule has 1 amide bonds. The molecule has 2 atom stereocenters. The summed E-state index contributed by atoms with van der Waals surface area (Å²) >= 11 is 3.22. The van der Waals surface area contributed by atoms with Crippen LogP contribution < -0.4 is 5.32 Å². The smallest absolute Gasteiger partial charge is 0.252 e. The summed E-state index contributed by atoms with van der Waals surface area (Å²) in [5, 5.41) is 2.90. The van der Waals surface area contributed by atoms with Crippen LogP contribution in [0.4, 0.5) is 4.39 Å². The van der Waals surface area contributed by atoms with Gasteiger partial charge < -0.3 is 10.2 Å². The van der Waals surface area contributed by atoms with Crippen molar-refractivity contribution in [3.8, 4) is 0 Å². The van der Waals surface area contributed by atoms with E-state index in [0.717, 1.165) is 37.9 Å². The van der Waals surface area contributed by atoms with Crippen molar-refractivity contribution >= 4 is 21.8 Å². The van der Waals surface area contributed by atoms with Crippen LogP contribution in [0.1, 0.15) is 37.0 Å². The number of rotatable bonds is 5. The first-order valence-corrected chi connectivity index (χ1v) is 8.70. The third kappa shape index (κ3) is 5.06. The molecule has 1 fully saturated rings. The van der Waals surface area contributed by atoms with Crippen molar-refractivity contribution in [1.82, 2.24) is 10.2 Å². The van der Waals surface area contributed by atoms with Crippen molar-refractivity contribution in [3.63, 3.8) is 0 Å². The summed E-state index contributed by atoms with van der Waals surface area (Å²) < 4.78 is 13.5. The first-order chi connectivity index (χ1) is 10.5. The van der Waals surface area contributed by atoms with Crippen LogP contribution in [0.3, 0.4) is 0 Å². The second-order valence-electron chi connectivity index (χ2n) is 6.44. The maximum absolute atomic E-state index is 13.0. The number of nitrogens with one attached hydrogen (secondary N) is 1. The van der Waals surface area contributed by atoms with E-state index in [4.69, 9.17) is 0 Å². The molecule has 22 heavy (non-hydrogen) atoms. The van der Waals surface area contributed by atoms with Gasteiger partial charge in [0.15, 0.2) is 0 Å². The second-order valence-corrected chi connectivity index (χ2v) is 7.29. The summed E-state index contributed by atoms with van der Waals surface area (Å²) in [6.07, 6.45) is 2.25. The van der Waals surface area contributed by atoms with Gasteiger partial charge >= 0.3 is 0 Å². The molecule has 1 heterocycles. The Morgan fingerprint density at radius 2 is 2.05 bits per heavy atom. The van der Waals surface area contributed by atoms with E-state index in [1.807, 2.05) is 0 Å². The predicted molar refractivity (Wildman–Crippen MR) is 90.4 cm³/mol. The summed E-state index contributed by atoms with van der Waals surface area (Å²) in [7, 11) is 0. The Hall–Kier alpha value is -0.940. The van der Waals surface area contributed by atoms with Gasteiger partial charge in [-0.3, -0.25) is 4.79 Å². The maximum atomic E-state index is 13.0. The molecule has 1 saturated heterocycles. The number of hydrogen-bond donors (Lipinski definition) is 1. The van der Waals surface area contributed by atoms with Gasteiger partial charge in [0.2, 0.25) is 0 Å². The minimum Gasteiger partial charge on any atom is -0.352 e. The summed E-state index contributed by atoms with van der Waals surface area (Å²) in [5.41, 5.74) is 0.474. The van der Waals surface area contributed by atoms with Gasteiger partial charge in [0, 0.05) is 24.1 Å². The molecule has 3 nitrogen and oxygen atoms in total. The van der Waals surface area contributed by atoms with Gasteiger partial charge in [-0.1, -0.05) is 13.8 Å². The van der Waals surface area contributed by atoms with Crippen molar-refractivity contribution < 1.29 is 9.18 Å². The Morgan fingerprint density at radius 1 is 1.36 bits per heavy atom. The van der Waals surface area contributed by atoms with Gasteiger partial charge in [-0.25, -0.2) is 4.39 Å². The number of piperidine rings is 1. The number of hydrogen-bond acceptors (Lipinski definition) is 2. The molecule has 2 rings (SSSR count). The predicted octanol–water partition coefficient (Wildman–Crippen LogP) is 3.69. The van der Waals surface area contributed by atoms with Crippen LogP contribution in [0, 0.1) is 17.7 Å². The molecule has 0 bridgehead atoms. The highest BCUT2D eigenvalue weighted by molar-refractivity contribution is 9.10. The van der Waals surface area contributed by atoms with Crippen molar-refractivity contribution in [2.45, 2.75) is 26.7 Å². The molecule has 1 aromatic rings. The molecule has 0 aliphatic carbocycles. The second kappa shape index (κ2) is 8.06. The Balaban J connectivity index is 1.73. The van der Waals surface area contributed by atoms with Crippen molar-refractivity contribution in [3.05, 3.63) is 34.1 Å². The van der Waals surface area contributed by atoms with E-state index in [1.165, 1.54) is 24.6 Å². The largest absolute Gasteiger partial charge is 0.352 e. The Labute approximate surface area is 140 Å². The molecular weight excluding hydrogens is 347 g/mol. The fraction of sp³-hybridized carbons (Fsp3) is 0.588. The number of carbonyl (C=O) groups is 1. The van der Waals surface area contributed by atoms with Crippen LogP contribution in [0.15, 0.2) is 22.7 Å². The molecule has 122 valence electrons. The average molecular weight is 371 g/mol. The highest BCUT2D eigenvalue weighted by atomic mass is 79.9.